The Morgan fingerprint density at radius 2 is 1.96 bits per heavy atom. The molecule has 0 heterocycles. The molecule has 3 N–H and O–H groups in total. The Hall–Kier alpha value is -1.53. The molecule has 0 aromatic heterocycles. The van der Waals surface area contributed by atoms with Crippen molar-refractivity contribution >= 4 is 24.1 Å². The van der Waals surface area contributed by atoms with E-state index in [4.69, 9.17) is 5.73 Å². The summed E-state index contributed by atoms with van der Waals surface area (Å²) in [4.78, 5) is 23.8. The number of carbonyl (C=O) groups excluding carboxylic acids is 2. The Morgan fingerprint density at radius 1 is 1.22 bits per heavy atom. The van der Waals surface area contributed by atoms with Crippen LogP contribution in [0, 0.1) is 17.6 Å². The lowest BCUT2D eigenvalue weighted by Crippen LogP contribution is -2.39. The van der Waals surface area contributed by atoms with Gasteiger partial charge in [0.15, 0.2) is 5.78 Å². The fourth-order valence-electron chi connectivity index (χ4n) is 2.87. The summed E-state index contributed by atoms with van der Waals surface area (Å²) < 4.78 is 26.3. The number of Topliss-reactive ketones (excluding diaryl/α,β-unsaturated/α-hetero) is 1. The molecule has 0 aliphatic heterocycles. The molecule has 1 aromatic carbocycles. The van der Waals surface area contributed by atoms with Gasteiger partial charge in [-0.2, -0.15) is 0 Å². The smallest absolute Gasteiger partial charge is 0.220 e. The molecule has 128 valence electrons. The van der Waals surface area contributed by atoms with E-state index in [0.29, 0.717) is 12.6 Å². The first-order valence-corrected chi connectivity index (χ1v) is 7.49. The van der Waals surface area contributed by atoms with Crippen molar-refractivity contribution in [1.29, 1.82) is 0 Å². The summed E-state index contributed by atoms with van der Waals surface area (Å²) in [5.74, 6) is -2.09. The van der Waals surface area contributed by atoms with E-state index in [1.54, 1.807) is 0 Å². The van der Waals surface area contributed by atoms with Gasteiger partial charge in [0, 0.05) is 24.9 Å². The predicted octanol–water partition coefficient (Wildman–Crippen LogP) is 2.59. The fourth-order valence-corrected chi connectivity index (χ4v) is 2.87. The SMILES string of the molecule is Cl.NCC1CCCC1NC(=O)CCC(=O)c1ccc(F)cc1F. The maximum Gasteiger partial charge on any atom is 0.220 e. The summed E-state index contributed by atoms with van der Waals surface area (Å²) >= 11 is 0. The maximum atomic E-state index is 13.5. The highest BCUT2D eigenvalue weighted by molar-refractivity contribution is 5.98. The Labute approximate surface area is 140 Å². The summed E-state index contributed by atoms with van der Waals surface area (Å²) in [6, 6.07) is 2.86. The minimum Gasteiger partial charge on any atom is -0.353 e. The highest BCUT2D eigenvalue weighted by atomic mass is 35.5. The Balaban J connectivity index is 0.00000264. The molecule has 2 rings (SSSR count). The van der Waals surface area contributed by atoms with E-state index >= 15 is 0 Å². The van der Waals surface area contributed by atoms with E-state index in [1.165, 1.54) is 0 Å². The lowest BCUT2D eigenvalue weighted by atomic mass is 10.0. The molecule has 1 aromatic rings. The van der Waals surface area contributed by atoms with Crippen LogP contribution in [0.2, 0.25) is 0 Å². The Bertz CT molecular complexity index is 569. The highest BCUT2D eigenvalue weighted by Crippen LogP contribution is 2.24. The fraction of sp³-hybridized carbons (Fsp3) is 0.500. The van der Waals surface area contributed by atoms with E-state index in [2.05, 4.69) is 5.32 Å². The minimum absolute atomic E-state index is 0. The normalized spacial score (nSPS) is 20.0. The lowest BCUT2D eigenvalue weighted by molar-refractivity contribution is -0.122. The van der Waals surface area contributed by atoms with Gasteiger partial charge >= 0.3 is 0 Å². The number of amides is 1. The van der Waals surface area contributed by atoms with Crippen molar-refractivity contribution in [3.63, 3.8) is 0 Å². The number of hydrogen-bond acceptors (Lipinski definition) is 3. The van der Waals surface area contributed by atoms with Gasteiger partial charge in [0.1, 0.15) is 11.6 Å². The standard InChI is InChI=1S/C16H20F2N2O2.ClH/c17-11-4-5-12(13(18)8-11)15(21)6-7-16(22)20-14-3-1-2-10(14)9-19;/h4-5,8,10,14H,1-3,6-7,9,19H2,(H,20,22);1H. The monoisotopic (exact) mass is 346 g/mol. The molecule has 2 unspecified atom stereocenters. The second kappa shape index (κ2) is 8.93. The van der Waals surface area contributed by atoms with Gasteiger partial charge in [-0.1, -0.05) is 6.42 Å². The molecule has 0 bridgehead atoms. The van der Waals surface area contributed by atoms with Crippen LogP contribution in [-0.4, -0.2) is 24.3 Å². The van der Waals surface area contributed by atoms with Crippen LogP contribution in [0.3, 0.4) is 0 Å². The van der Waals surface area contributed by atoms with Crippen LogP contribution in [0.1, 0.15) is 42.5 Å². The largest absolute Gasteiger partial charge is 0.353 e. The molecular weight excluding hydrogens is 326 g/mol. The van der Waals surface area contributed by atoms with Gasteiger partial charge in [0.05, 0.1) is 5.56 Å². The van der Waals surface area contributed by atoms with Crippen molar-refractivity contribution in [3.05, 3.63) is 35.4 Å². The molecule has 1 fully saturated rings. The van der Waals surface area contributed by atoms with Crippen molar-refractivity contribution in [1.82, 2.24) is 5.32 Å². The average molecular weight is 347 g/mol. The molecule has 0 radical (unpaired) electrons. The molecule has 23 heavy (non-hydrogen) atoms. The zero-order chi connectivity index (χ0) is 16.1. The maximum absolute atomic E-state index is 13.5. The summed E-state index contributed by atoms with van der Waals surface area (Å²) in [6.07, 6.45) is 2.82. The van der Waals surface area contributed by atoms with Crippen LogP contribution in [0.15, 0.2) is 18.2 Å². The third kappa shape index (κ3) is 5.25. The van der Waals surface area contributed by atoms with Gasteiger partial charge in [0.2, 0.25) is 5.91 Å². The summed E-state index contributed by atoms with van der Waals surface area (Å²) in [5, 5.41) is 2.89. The number of nitrogens with two attached hydrogens (primary N) is 1. The van der Waals surface area contributed by atoms with E-state index < -0.39 is 17.4 Å². The summed E-state index contributed by atoms with van der Waals surface area (Å²) in [5.41, 5.74) is 5.46. The van der Waals surface area contributed by atoms with Crippen molar-refractivity contribution in [2.24, 2.45) is 11.7 Å². The first-order valence-electron chi connectivity index (χ1n) is 7.49. The van der Waals surface area contributed by atoms with Crippen LogP contribution in [-0.2, 0) is 4.79 Å². The zero-order valence-corrected chi connectivity index (χ0v) is 13.5. The molecule has 1 amide bonds. The van der Waals surface area contributed by atoms with E-state index in [0.717, 1.165) is 31.4 Å². The van der Waals surface area contributed by atoms with Gasteiger partial charge in [-0.3, -0.25) is 9.59 Å². The molecule has 1 aliphatic rings. The lowest BCUT2D eigenvalue weighted by Gasteiger charge is -2.19. The number of hydrogen-bond donors (Lipinski definition) is 2. The Morgan fingerprint density at radius 3 is 2.61 bits per heavy atom. The molecule has 1 saturated carbocycles. The van der Waals surface area contributed by atoms with Crippen molar-refractivity contribution in [2.45, 2.75) is 38.1 Å². The quantitative estimate of drug-likeness (QED) is 0.778. The topological polar surface area (TPSA) is 72.2 Å². The second-order valence-electron chi connectivity index (χ2n) is 5.65. The van der Waals surface area contributed by atoms with Gasteiger partial charge in [0.25, 0.3) is 0 Å². The van der Waals surface area contributed by atoms with Crippen LogP contribution in [0.5, 0.6) is 0 Å². The van der Waals surface area contributed by atoms with Gasteiger partial charge < -0.3 is 11.1 Å². The number of benzene rings is 1. The van der Waals surface area contributed by atoms with Gasteiger partial charge in [-0.25, -0.2) is 8.78 Å². The summed E-state index contributed by atoms with van der Waals surface area (Å²) in [6.45, 7) is 0.532. The van der Waals surface area contributed by atoms with Crippen molar-refractivity contribution < 1.29 is 18.4 Å². The third-order valence-electron chi connectivity index (χ3n) is 4.12. The molecule has 1 aliphatic carbocycles. The number of halogens is 3. The van der Waals surface area contributed by atoms with Crippen LogP contribution >= 0.6 is 12.4 Å². The molecule has 0 spiro atoms. The van der Waals surface area contributed by atoms with Crippen molar-refractivity contribution in [3.8, 4) is 0 Å². The molecule has 7 heteroatoms. The number of rotatable bonds is 6. The summed E-state index contributed by atoms with van der Waals surface area (Å²) in [7, 11) is 0. The average Bonchev–Trinajstić information content (AvgIpc) is 2.92. The molecule has 0 saturated heterocycles. The Kier molecular flexibility index (Phi) is 7.58. The van der Waals surface area contributed by atoms with Crippen molar-refractivity contribution in [2.75, 3.05) is 6.54 Å². The molecular formula is C16H21ClF2N2O2. The van der Waals surface area contributed by atoms with Gasteiger partial charge in [-0.05, 0) is 37.4 Å². The molecule has 4 nitrogen and oxygen atoms in total. The van der Waals surface area contributed by atoms with E-state index in [1.807, 2.05) is 0 Å². The van der Waals surface area contributed by atoms with E-state index in [9.17, 15) is 18.4 Å². The number of carbonyl (C=O) groups is 2. The highest BCUT2D eigenvalue weighted by Gasteiger charge is 2.27. The minimum atomic E-state index is -0.899. The predicted molar refractivity (Wildman–Crippen MR) is 85.5 cm³/mol. The third-order valence-corrected chi connectivity index (χ3v) is 4.12. The molecule has 2 atom stereocenters. The first-order chi connectivity index (χ1) is 10.5. The second-order valence-corrected chi connectivity index (χ2v) is 5.65. The van der Waals surface area contributed by atoms with Crippen LogP contribution < -0.4 is 11.1 Å². The van der Waals surface area contributed by atoms with Crippen LogP contribution in [0.25, 0.3) is 0 Å². The number of nitrogens with one attached hydrogen (secondary N) is 1. The van der Waals surface area contributed by atoms with Crippen LogP contribution in [0.4, 0.5) is 8.78 Å². The van der Waals surface area contributed by atoms with Gasteiger partial charge in [-0.15, -0.1) is 12.4 Å². The first kappa shape index (κ1) is 19.5. The number of ketones is 1. The zero-order valence-electron chi connectivity index (χ0n) is 12.7. The van der Waals surface area contributed by atoms with E-state index in [-0.39, 0.29) is 48.7 Å².